The van der Waals surface area contributed by atoms with Crippen LogP contribution in [0.25, 0.3) is 0 Å². The van der Waals surface area contributed by atoms with E-state index in [1.807, 2.05) is 6.07 Å². The van der Waals surface area contributed by atoms with Gasteiger partial charge in [-0.15, -0.1) is 0 Å². The molecule has 0 bridgehead atoms. The highest BCUT2D eigenvalue weighted by atomic mass is 19.1. The molecular weight excluding hydrogens is 337 g/mol. The number of halogens is 1. The average molecular weight is 355 g/mol. The van der Waals surface area contributed by atoms with Crippen LogP contribution in [-0.4, -0.2) is 24.1 Å². The van der Waals surface area contributed by atoms with Gasteiger partial charge in [-0.2, -0.15) is 5.26 Å². The maximum Gasteiger partial charge on any atom is 0.270 e. The normalized spacial score (nSPS) is 14.8. The molecule has 3 rings (SSSR count). The molecule has 0 saturated carbocycles. The van der Waals surface area contributed by atoms with Crippen molar-refractivity contribution >= 4 is 11.4 Å². The summed E-state index contributed by atoms with van der Waals surface area (Å²) in [7, 11) is 0. The van der Waals surface area contributed by atoms with Crippen LogP contribution in [0.4, 0.5) is 15.8 Å². The van der Waals surface area contributed by atoms with Gasteiger partial charge in [0, 0.05) is 25.2 Å². The second-order valence-corrected chi connectivity index (χ2v) is 6.19. The third-order valence-electron chi connectivity index (χ3n) is 4.49. The van der Waals surface area contributed by atoms with Crippen molar-refractivity contribution in [1.29, 1.82) is 5.26 Å². The Morgan fingerprint density at radius 1 is 1.23 bits per heavy atom. The molecule has 1 saturated heterocycles. The van der Waals surface area contributed by atoms with Gasteiger partial charge in [-0.25, -0.2) is 4.39 Å². The number of nitrogens with zero attached hydrogens (tertiary/aromatic N) is 3. The molecule has 2 aromatic carbocycles. The van der Waals surface area contributed by atoms with E-state index in [0.717, 1.165) is 24.1 Å². The SMILES string of the molecule is N#Cc1cc([N+](=O)[O-])ccc1N1CCC(OCc2ccc(F)cc2)CC1. The number of non-ortho nitro benzene ring substituents is 1. The standard InChI is InChI=1S/C19H18FN3O3/c20-16-3-1-14(2-4-16)13-26-18-7-9-22(10-8-18)19-6-5-17(23(24)25)11-15(19)12-21/h1-6,11,18H,7-10,13H2. The summed E-state index contributed by atoms with van der Waals surface area (Å²) < 4.78 is 18.8. The predicted molar refractivity (Wildman–Crippen MR) is 94.2 cm³/mol. The summed E-state index contributed by atoms with van der Waals surface area (Å²) >= 11 is 0. The van der Waals surface area contributed by atoms with Crippen LogP contribution in [0.3, 0.4) is 0 Å². The number of piperidine rings is 1. The number of benzene rings is 2. The largest absolute Gasteiger partial charge is 0.373 e. The van der Waals surface area contributed by atoms with Crippen LogP contribution < -0.4 is 4.90 Å². The highest BCUT2D eigenvalue weighted by Crippen LogP contribution is 2.28. The van der Waals surface area contributed by atoms with E-state index >= 15 is 0 Å². The van der Waals surface area contributed by atoms with E-state index in [0.29, 0.717) is 25.3 Å². The van der Waals surface area contributed by atoms with E-state index in [-0.39, 0.29) is 17.6 Å². The Kier molecular flexibility index (Phi) is 5.44. The molecule has 2 aromatic rings. The van der Waals surface area contributed by atoms with Crippen LogP contribution in [0.1, 0.15) is 24.0 Å². The highest BCUT2D eigenvalue weighted by molar-refractivity contribution is 5.63. The van der Waals surface area contributed by atoms with Crippen LogP contribution in [0.2, 0.25) is 0 Å². The number of nitro benzene ring substituents is 1. The predicted octanol–water partition coefficient (Wildman–Crippen LogP) is 3.79. The molecule has 0 spiro atoms. The van der Waals surface area contributed by atoms with Crippen LogP contribution >= 0.6 is 0 Å². The van der Waals surface area contributed by atoms with Crippen molar-refractivity contribution in [2.45, 2.75) is 25.6 Å². The Morgan fingerprint density at radius 3 is 2.54 bits per heavy atom. The van der Waals surface area contributed by atoms with Crippen LogP contribution in [-0.2, 0) is 11.3 Å². The van der Waals surface area contributed by atoms with Gasteiger partial charge in [-0.1, -0.05) is 12.1 Å². The zero-order valence-electron chi connectivity index (χ0n) is 14.1. The lowest BCUT2D eigenvalue weighted by Gasteiger charge is -2.34. The lowest BCUT2D eigenvalue weighted by Crippen LogP contribution is -2.37. The Bertz CT molecular complexity index is 825. The van der Waals surface area contributed by atoms with E-state index in [1.165, 1.54) is 24.3 Å². The molecule has 1 fully saturated rings. The number of hydrogen-bond donors (Lipinski definition) is 0. The summed E-state index contributed by atoms with van der Waals surface area (Å²) in [5, 5.41) is 20.1. The van der Waals surface area contributed by atoms with Crippen molar-refractivity contribution in [2.24, 2.45) is 0 Å². The van der Waals surface area contributed by atoms with Gasteiger partial charge in [0.1, 0.15) is 11.9 Å². The summed E-state index contributed by atoms with van der Waals surface area (Å²) in [5.74, 6) is -0.265. The minimum Gasteiger partial charge on any atom is -0.373 e. The summed E-state index contributed by atoms with van der Waals surface area (Å²) in [6, 6.07) is 12.7. The number of nitriles is 1. The summed E-state index contributed by atoms with van der Waals surface area (Å²) in [6.07, 6.45) is 1.69. The van der Waals surface area contributed by atoms with Crippen LogP contribution in [0, 0.1) is 27.3 Å². The second-order valence-electron chi connectivity index (χ2n) is 6.19. The molecule has 134 valence electrons. The van der Waals surface area contributed by atoms with Gasteiger partial charge in [0.2, 0.25) is 0 Å². The van der Waals surface area contributed by atoms with E-state index < -0.39 is 4.92 Å². The summed E-state index contributed by atoms with van der Waals surface area (Å²) in [4.78, 5) is 12.4. The molecule has 0 amide bonds. The van der Waals surface area contributed by atoms with E-state index in [1.54, 1.807) is 18.2 Å². The van der Waals surface area contributed by atoms with Crippen molar-refractivity contribution in [3.8, 4) is 6.07 Å². The fraction of sp³-hybridized carbons (Fsp3) is 0.316. The molecule has 1 heterocycles. The third kappa shape index (κ3) is 4.16. The number of hydrogen-bond acceptors (Lipinski definition) is 5. The highest BCUT2D eigenvalue weighted by Gasteiger charge is 2.23. The molecule has 7 heteroatoms. The topological polar surface area (TPSA) is 79.4 Å². The lowest BCUT2D eigenvalue weighted by molar-refractivity contribution is -0.384. The number of anilines is 1. The van der Waals surface area contributed by atoms with Gasteiger partial charge in [-0.3, -0.25) is 10.1 Å². The molecular formula is C19H18FN3O3. The first-order valence-corrected chi connectivity index (χ1v) is 8.36. The van der Waals surface area contributed by atoms with Gasteiger partial charge in [0.15, 0.2) is 0 Å². The van der Waals surface area contributed by atoms with Crippen molar-refractivity contribution in [3.05, 3.63) is 69.5 Å². The summed E-state index contributed by atoms with van der Waals surface area (Å²) in [6.45, 7) is 1.85. The molecule has 0 atom stereocenters. The van der Waals surface area contributed by atoms with Crippen molar-refractivity contribution in [1.82, 2.24) is 0 Å². The number of ether oxygens (including phenoxy) is 1. The van der Waals surface area contributed by atoms with Crippen LogP contribution in [0.15, 0.2) is 42.5 Å². The molecule has 26 heavy (non-hydrogen) atoms. The van der Waals surface area contributed by atoms with E-state index in [4.69, 9.17) is 4.74 Å². The van der Waals surface area contributed by atoms with E-state index in [9.17, 15) is 19.8 Å². The second kappa shape index (κ2) is 7.93. The fourth-order valence-corrected chi connectivity index (χ4v) is 3.06. The average Bonchev–Trinajstić information content (AvgIpc) is 2.67. The third-order valence-corrected chi connectivity index (χ3v) is 4.49. The number of nitro groups is 1. The lowest BCUT2D eigenvalue weighted by atomic mass is 10.0. The first-order valence-electron chi connectivity index (χ1n) is 8.36. The first kappa shape index (κ1) is 17.8. The number of rotatable bonds is 5. The van der Waals surface area contributed by atoms with Crippen molar-refractivity contribution < 1.29 is 14.1 Å². The molecule has 0 aliphatic carbocycles. The summed E-state index contributed by atoms with van der Waals surface area (Å²) in [5.41, 5.74) is 1.87. The fourth-order valence-electron chi connectivity index (χ4n) is 3.06. The van der Waals surface area contributed by atoms with Crippen molar-refractivity contribution in [2.75, 3.05) is 18.0 Å². The molecule has 1 aliphatic heterocycles. The molecule has 0 N–H and O–H groups in total. The maximum absolute atomic E-state index is 12.9. The van der Waals surface area contributed by atoms with Crippen molar-refractivity contribution in [3.63, 3.8) is 0 Å². The first-order chi connectivity index (χ1) is 12.6. The molecule has 0 unspecified atom stereocenters. The Morgan fingerprint density at radius 2 is 1.92 bits per heavy atom. The smallest absolute Gasteiger partial charge is 0.270 e. The van der Waals surface area contributed by atoms with Gasteiger partial charge in [0.25, 0.3) is 5.69 Å². The van der Waals surface area contributed by atoms with Gasteiger partial charge >= 0.3 is 0 Å². The molecule has 6 nitrogen and oxygen atoms in total. The molecule has 0 radical (unpaired) electrons. The molecule has 1 aliphatic rings. The van der Waals surface area contributed by atoms with Gasteiger partial charge < -0.3 is 9.64 Å². The van der Waals surface area contributed by atoms with Gasteiger partial charge in [-0.05, 0) is 36.6 Å². The monoisotopic (exact) mass is 355 g/mol. The Hall–Kier alpha value is -2.98. The van der Waals surface area contributed by atoms with E-state index in [2.05, 4.69) is 4.90 Å². The zero-order chi connectivity index (χ0) is 18.5. The maximum atomic E-state index is 12.9. The molecule has 0 aromatic heterocycles. The Labute approximate surface area is 150 Å². The van der Waals surface area contributed by atoms with Crippen LogP contribution in [0.5, 0.6) is 0 Å². The minimum atomic E-state index is -0.500. The zero-order valence-corrected chi connectivity index (χ0v) is 14.1. The van der Waals surface area contributed by atoms with Gasteiger partial charge in [0.05, 0.1) is 28.9 Å². The Balaban J connectivity index is 1.57. The minimum absolute atomic E-state index is 0.0807. The quantitative estimate of drug-likeness (QED) is 0.602.